The van der Waals surface area contributed by atoms with E-state index in [1.54, 1.807) is 12.4 Å². The van der Waals surface area contributed by atoms with E-state index in [9.17, 15) is 4.79 Å². The first-order valence-electron chi connectivity index (χ1n) is 6.06. The van der Waals surface area contributed by atoms with Crippen LogP contribution in [0.25, 0.3) is 0 Å². The highest BCUT2D eigenvalue weighted by Gasteiger charge is 2.13. The number of carbonyl (C=O) groups excluding carboxylic acids is 1. The van der Waals surface area contributed by atoms with Crippen LogP contribution in [-0.4, -0.2) is 33.8 Å². The van der Waals surface area contributed by atoms with Crippen molar-refractivity contribution in [3.63, 3.8) is 0 Å². The van der Waals surface area contributed by atoms with Gasteiger partial charge < -0.3 is 15.7 Å². The highest BCUT2D eigenvalue weighted by molar-refractivity contribution is 5.89. The lowest BCUT2D eigenvalue weighted by atomic mass is 10.1. The number of aliphatic hydroxyl groups is 1. The van der Waals surface area contributed by atoms with E-state index in [1.807, 2.05) is 20.8 Å². The molecule has 0 radical (unpaired) electrons. The van der Waals surface area contributed by atoms with E-state index >= 15 is 0 Å². The second-order valence-electron chi connectivity index (χ2n) is 4.29. The van der Waals surface area contributed by atoms with Gasteiger partial charge in [0.1, 0.15) is 5.82 Å². The molecule has 2 amide bonds. The van der Waals surface area contributed by atoms with Crippen LogP contribution in [0, 0.1) is 5.92 Å². The molecule has 18 heavy (non-hydrogen) atoms. The monoisotopic (exact) mass is 252 g/mol. The second kappa shape index (κ2) is 6.90. The van der Waals surface area contributed by atoms with Gasteiger partial charge in [-0.25, -0.2) is 14.8 Å². The van der Waals surface area contributed by atoms with E-state index in [0.29, 0.717) is 5.69 Å². The van der Waals surface area contributed by atoms with Gasteiger partial charge in [0.2, 0.25) is 0 Å². The summed E-state index contributed by atoms with van der Waals surface area (Å²) in [5, 5.41) is 14.4. The van der Waals surface area contributed by atoms with E-state index in [0.717, 1.165) is 12.2 Å². The smallest absolute Gasteiger partial charge is 0.319 e. The summed E-state index contributed by atoms with van der Waals surface area (Å²) in [4.78, 5) is 19.8. The standard InChI is InChI=1S/C12H20N4O2/c1-4-11-13-5-10(6-14-11)16-12(18)15-9(3)8(2)7-17/h5-6,8-9,17H,4,7H2,1-3H3,(H2,15,16,18). The molecule has 0 aliphatic rings. The summed E-state index contributed by atoms with van der Waals surface area (Å²) in [6, 6.07) is -0.429. The third-order valence-electron chi connectivity index (χ3n) is 2.78. The van der Waals surface area contributed by atoms with E-state index in [-0.39, 0.29) is 24.6 Å². The molecular weight excluding hydrogens is 232 g/mol. The molecule has 0 spiro atoms. The molecule has 2 unspecified atom stereocenters. The molecule has 6 heteroatoms. The van der Waals surface area contributed by atoms with Gasteiger partial charge >= 0.3 is 6.03 Å². The van der Waals surface area contributed by atoms with Gasteiger partial charge in [0, 0.05) is 19.1 Å². The second-order valence-corrected chi connectivity index (χ2v) is 4.29. The maximum absolute atomic E-state index is 11.6. The van der Waals surface area contributed by atoms with Crippen molar-refractivity contribution in [1.82, 2.24) is 15.3 Å². The Labute approximate surface area is 107 Å². The fraction of sp³-hybridized carbons (Fsp3) is 0.583. The summed E-state index contributed by atoms with van der Waals surface area (Å²) in [6.07, 6.45) is 3.91. The summed E-state index contributed by atoms with van der Waals surface area (Å²) in [6.45, 7) is 5.71. The maximum Gasteiger partial charge on any atom is 0.319 e. The lowest BCUT2D eigenvalue weighted by Crippen LogP contribution is -2.40. The summed E-state index contributed by atoms with van der Waals surface area (Å²) >= 11 is 0. The number of amides is 2. The highest BCUT2D eigenvalue weighted by atomic mass is 16.3. The van der Waals surface area contributed by atoms with E-state index < -0.39 is 0 Å². The Morgan fingerprint density at radius 1 is 1.39 bits per heavy atom. The van der Waals surface area contributed by atoms with Crippen molar-refractivity contribution in [2.24, 2.45) is 5.92 Å². The first-order chi connectivity index (χ1) is 8.56. The molecular formula is C12H20N4O2. The van der Waals surface area contributed by atoms with E-state index in [4.69, 9.17) is 5.11 Å². The van der Waals surface area contributed by atoms with Gasteiger partial charge in [-0.15, -0.1) is 0 Å². The molecule has 1 rings (SSSR count). The number of hydrogen-bond acceptors (Lipinski definition) is 4. The maximum atomic E-state index is 11.6. The number of hydrogen-bond donors (Lipinski definition) is 3. The number of nitrogens with one attached hydrogen (secondary N) is 2. The molecule has 0 bridgehead atoms. The van der Waals surface area contributed by atoms with E-state index in [1.165, 1.54) is 0 Å². The zero-order valence-corrected chi connectivity index (χ0v) is 11.0. The molecule has 0 aliphatic heterocycles. The Balaban J connectivity index is 2.48. The average Bonchev–Trinajstić information content (AvgIpc) is 2.38. The van der Waals surface area contributed by atoms with Crippen molar-refractivity contribution in [2.45, 2.75) is 33.2 Å². The van der Waals surface area contributed by atoms with E-state index in [2.05, 4.69) is 20.6 Å². The third kappa shape index (κ3) is 4.29. The number of aromatic nitrogens is 2. The van der Waals surface area contributed by atoms with Crippen LogP contribution in [-0.2, 0) is 6.42 Å². The minimum atomic E-state index is -0.323. The summed E-state index contributed by atoms with van der Waals surface area (Å²) in [7, 11) is 0. The van der Waals surface area contributed by atoms with Crippen molar-refractivity contribution < 1.29 is 9.90 Å². The Morgan fingerprint density at radius 2 is 2.00 bits per heavy atom. The van der Waals surface area contributed by atoms with Gasteiger partial charge in [-0.05, 0) is 12.8 Å². The number of rotatable bonds is 5. The van der Waals surface area contributed by atoms with Crippen molar-refractivity contribution in [2.75, 3.05) is 11.9 Å². The van der Waals surface area contributed by atoms with Crippen LogP contribution in [0.4, 0.5) is 10.5 Å². The predicted molar refractivity (Wildman–Crippen MR) is 69.3 cm³/mol. The fourth-order valence-electron chi connectivity index (χ4n) is 1.28. The molecule has 0 saturated carbocycles. The van der Waals surface area contributed by atoms with Gasteiger partial charge in [0.05, 0.1) is 18.1 Å². The van der Waals surface area contributed by atoms with Crippen molar-refractivity contribution in [3.8, 4) is 0 Å². The SMILES string of the molecule is CCc1ncc(NC(=O)NC(C)C(C)CO)cn1. The predicted octanol–water partition coefficient (Wildman–Crippen LogP) is 1.18. The average molecular weight is 252 g/mol. The molecule has 0 aromatic carbocycles. The van der Waals surface area contributed by atoms with Gasteiger partial charge in [0.15, 0.2) is 0 Å². The molecule has 100 valence electrons. The highest BCUT2D eigenvalue weighted by Crippen LogP contribution is 2.04. The van der Waals surface area contributed by atoms with Gasteiger partial charge in [-0.1, -0.05) is 13.8 Å². The van der Waals surface area contributed by atoms with Crippen LogP contribution >= 0.6 is 0 Å². The molecule has 0 fully saturated rings. The largest absolute Gasteiger partial charge is 0.396 e. The molecule has 0 aliphatic carbocycles. The Kier molecular flexibility index (Phi) is 5.51. The number of nitrogens with zero attached hydrogens (tertiary/aromatic N) is 2. The van der Waals surface area contributed by atoms with Crippen molar-refractivity contribution in [1.29, 1.82) is 0 Å². The molecule has 6 nitrogen and oxygen atoms in total. The third-order valence-corrected chi connectivity index (χ3v) is 2.78. The number of urea groups is 1. The van der Waals surface area contributed by atoms with Crippen LogP contribution in [0.1, 0.15) is 26.6 Å². The Morgan fingerprint density at radius 3 is 2.50 bits per heavy atom. The number of anilines is 1. The quantitative estimate of drug-likeness (QED) is 0.734. The molecule has 3 N–H and O–H groups in total. The van der Waals surface area contributed by atoms with Crippen LogP contribution in [0.3, 0.4) is 0 Å². The van der Waals surface area contributed by atoms with Gasteiger partial charge in [-0.2, -0.15) is 0 Å². The number of aliphatic hydroxyl groups excluding tert-OH is 1. The van der Waals surface area contributed by atoms with Crippen LogP contribution in [0.15, 0.2) is 12.4 Å². The normalized spacial score (nSPS) is 13.8. The number of aryl methyl sites for hydroxylation is 1. The lowest BCUT2D eigenvalue weighted by molar-refractivity contribution is 0.204. The molecule has 1 aromatic heterocycles. The van der Waals surface area contributed by atoms with Crippen molar-refractivity contribution in [3.05, 3.63) is 18.2 Å². The summed E-state index contributed by atoms with van der Waals surface area (Å²) in [5.41, 5.74) is 0.550. The minimum absolute atomic E-state index is 0.00877. The zero-order valence-electron chi connectivity index (χ0n) is 11.0. The Bertz CT molecular complexity index is 380. The van der Waals surface area contributed by atoms with Crippen LogP contribution in [0.2, 0.25) is 0 Å². The van der Waals surface area contributed by atoms with Crippen molar-refractivity contribution >= 4 is 11.7 Å². The summed E-state index contributed by atoms with van der Waals surface area (Å²) in [5.74, 6) is 0.748. The first-order valence-corrected chi connectivity index (χ1v) is 6.06. The summed E-state index contributed by atoms with van der Waals surface area (Å²) < 4.78 is 0. The topological polar surface area (TPSA) is 87.1 Å². The molecule has 1 aromatic rings. The van der Waals surface area contributed by atoms with Crippen LogP contribution < -0.4 is 10.6 Å². The Hall–Kier alpha value is -1.69. The number of carbonyl (C=O) groups is 1. The zero-order chi connectivity index (χ0) is 13.5. The molecule has 1 heterocycles. The lowest BCUT2D eigenvalue weighted by Gasteiger charge is -2.19. The van der Waals surface area contributed by atoms with Gasteiger partial charge in [-0.3, -0.25) is 0 Å². The minimum Gasteiger partial charge on any atom is -0.396 e. The molecule has 0 saturated heterocycles. The molecule has 2 atom stereocenters. The fourth-order valence-corrected chi connectivity index (χ4v) is 1.28. The van der Waals surface area contributed by atoms with Gasteiger partial charge in [0.25, 0.3) is 0 Å². The van der Waals surface area contributed by atoms with Crippen LogP contribution in [0.5, 0.6) is 0 Å². The first kappa shape index (κ1) is 14.4.